The van der Waals surface area contributed by atoms with Gasteiger partial charge in [0.1, 0.15) is 0 Å². The number of morpholine rings is 1. The van der Waals surface area contributed by atoms with E-state index in [1.54, 1.807) is 17.0 Å². The van der Waals surface area contributed by atoms with Crippen LogP contribution in [0.1, 0.15) is 34.8 Å². The molecule has 2 amide bonds. The average Bonchev–Trinajstić information content (AvgIpc) is 3.20. The van der Waals surface area contributed by atoms with Crippen molar-refractivity contribution >= 4 is 17.5 Å². The van der Waals surface area contributed by atoms with Crippen LogP contribution in [0.25, 0.3) is 0 Å². The molecule has 6 heteroatoms. The van der Waals surface area contributed by atoms with Crippen LogP contribution in [0.5, 0.6) is 0 Å². The van der Waals surface area contributed by atoms with Crippen molar-refractivity contribution in [1.29, 1.82) is 0 Å². The van der Waals surface area contributed by atoms with E-state index in [0.717, 1.165) is 57.1 Å². The van der Waals surface area contributed by atoms with Crippen LogP contribution < -0.4 is 10.2 Å². The van der Waals surface area contributed by atoms with E-state index in [1.807, 2.05) is 42.5 Å². The molecule has 0 radical (unpaired) electrons. The lowest BCUT2D eigenvalue weighted by atomic mass is 10.1. The summed E-state index contributed by atoms with van der Waals surface area (Å²) in [4.78, 5) is 29.0. The lowest BCUT2D eigenvalue weighted by Crippen LogP contribution is -2.43. The molecule has 2 aliphatic heterocycles. The standard InChI is InChI=1S/C23H27N3O3/c27-22-7-4-12-26(22)20-10-8-19(9-11-20)23(28)24-21(18-5-2-1-3-6-18)17-25-13-15-29-16-14-25/h1-3,5-6,8-11,21H,4,7,12-17H2,(H,24,28). The number of nitrogens with one attached hydrogen (secondary N) is 1. The van der Waals surface area contributed by atoms with Crippen LogP contribution in [-0.4, -0.2) is 56.1 Å². The van der Waals surface area contributed by atoms with Gasteiger partial charge in [0.2, 0.25) is 5.91 Å². The summed E-state index contributed by atoms with van der Waals surface area (Å²) in [5, 5.41) is 3.19. The molecule has 1 N–H and O–H groups in total. The fraction of sp³-hybridized carbons (Fsp3) is 0.391. The van der Waals surface area contributed by atoms with Crippen molar-refractivity contribution in [3.63, 3.8) is 0 Å². The van der Waals surface area contributed by atoms with E-state index in [9.17, 15) is 9.59 Å². The number of benzene rings is 2. The molecular formula is C23H27N3O3. The van der Waals surface area contributed by atoms with Crippen LogP contribution in [0, 0.1) is 0 Å². The monoisotopic (exact) mass is 393 g/mol. The zero-order chi connectivity index (χ0) is 20.1. The number of ether oxygens (including phenoxy) is 1. The number of hydrogen-bond acceptors (Lipinski definition) is 4. The molecule has 4 rings (SSSR count). The van der Waals surface area contributed by atoms with Gasteiger partial charge in [-0.1, -0.05) is 30.3 Å². The molecule has 152 valence electrons. The molecule has 2 saturated heterocycles. The molecule has 0 aliphatic carbocycles. The summed E-state index contributed by atoms with van der Waals surface area (Å²) in [6, 6.07) is 17.3. The Morgan fingerprint density at radius 1 is 1.00 bits per heavy atom. The molecule has 1 unspecified atom stereocenters. The number of nitrogens with zero attached hydrogens (tertiary/aromatic N) is 2. The summed E-state index contributed by atoms with van der Waals surface area (Å²) in [6.07, 6.45) is 1.49. The normalized spacial score (nSPS) is 18.6. The van der Waals surface area contributed by atoms with E-state index >= 15 is 0 Å². The maximum atomic E-state index is 12.9. The van der Waals surface area contributed by atoms with Gasteiger partial charge in [0, 0.05) is 43.9 Å². The van der Waals surface area contributed by atoms with Crippen LogP contribution in [-0.2, 0) is 9.53 Å². The van der Waals surface area contributed by atoms with E-state index < -0.39 is 0 Å². The Balaban J connectivity index is 1.46. The van der Waals surface area contributed by atoms with Gasteiger partial charge in [0.15, 0.2) is 0 Å². The number of amides is 2. The third kappa shape index (κ3) is 4.83. The van der Waals surface area contributed by atoms with Gasteiger partial charge < -0.3 is 15.0 Å². The van der Waals surface area contributed by atoms with E-state index in [2.05, 4.69) is 10.2 Å². The van der Waals surface area contributed by atoms with Crippen molar-refractivity contribution in [3.05, 3.63) is 65.7 Å². The summed E-state index contributed by atoms with van der Waals surface area (Å²) < 4.78 is 5.44. The first-order valence-electron chi connectivity index (χ1n) is 10.3. The maximum absolute atomic E-state index is 12.9. The zero-order valence-electron chi connectivity index (χ0n) is 16.5. The van der Waals surface area contributed by atoms with Gasteiger partial charge in [-0.15, -0.1) is 0 Å². The van der Waals surface area contributed by atoms with Crippen molar-refractivity contribution in [2.75, 3.05) is 44.3 Å². The zero-order valence-corrected chi connectivity index (χ0v) is 16.5. The predicted molar refractivity (Wildman–Crippen MR) is 112 cm³/mol. The predicted octanol–water partition coefficient (Wildman–Crippen LogP) is 2.62. The smallest absolute Gasteiger partial charge is 0.251 e. The van der Waals surface area contributed by atoms with Crippen LogP contribution in [0.3, 0.4) is 0 Å². The largest absolute Gasteiger partial charge is 0.379 e. The summed E-state index contributed by atoms with van der Waals surface area (Å²) in [6.45, 7) is 4.70. The number of rotatable bonds is 6. The van der Waals surface area contributed by atoms with E-state index in [4.69, 9.17) is 4.74 Å². The first-order chi connectivity index (χ1) is 14.2. The molecule has 2 fully saturated rings. The Hall–Kier alpha value is -2.70. The summed E-state index contributed by atoms with van der Waals surface area (Å²) >= 11 is 0. The lowest BCUT2D eigenvalue weighted by molar-refractivity contribution is -0.117. The summed E-state index contributed by atoms with van der Waals surface area (Å²) in [7, 11) is 0. The number of carbonyl (C=O) groups is 2. The van der Waals surface area contributed by atoms with E-state index in [1.165, 1.54) is 0 Å². The molecule has 2 aromatic rings. The highest BCUT2D eigenvalue weighted by Gasteiger charge is 2.23. The van der Waals surface area contributed by atoms with Gasteiger partial charge in [-0.25, -0.2) is 0 Å². The third-order valence-corrected chi connectivity index (χ3v) is 5.57. The Labute approximate surface area is 171 Å². The van der Waals surface area contributed by atoms with Crippen LogP contribution >= 0.6 is 0 Å². The number of hydrogen-bond donors (Lipinski definition) is 1. The molecule has 6 nitrogen and oxygen atoms in total. The van der Waals surface area contributed by atoms with Crippen LogP contribution in [0.2, 0.25) is 0 Å². The lowest BCUT2D eigenvalue weighted by Gasteiger charge is -2.31. The molecular weight excluding hydrogens is 366 g/mol. The highest BCUT2D eigenvalue weighted by Crippen LogP contribution is 2.22. The average molecular weight is 393 g/mol. The van der Waals surface area contributed by atoms with Gasteiger partial charge in [-0.2, -0.15) is 0 Å². The molecule has 2 heterocycles. The maximum Gasteiger partial charge on any atom is 0.251 e. The quantitative estimate of drug-likeness (QED) is 0.820. The molecule has 0 aromatic heterocycles. The molecule has 2 aromatic carbocycles. The first-order valence-corrected chi connectivity index (χ1v) is 10.3. The third-order valence-electron chi connectivity index (χ3n) is 5.57. The summed E-state index contributed by atoms with van der Waals surface area (Å²) in [5.74, 6) is 0.0447. The molecule has 29 heavy (non-hydrogen) atoms. The van der Waals surface area contributed by atoms with E-state index in [-0.39, 0.29) is 17.9 Å². The van der Waals surface area contributed by atoms with Crippen LogP contribution in [0.4, 0.5) is 5.69 Å². The number of anilines is 1. The molecule has 0 saturated carbocycles. The fourth-order valence-corrected chi connectivity index (χ4v) is 3.92. The van der Waals surface area contributed by atoms with Gasteiger partial charge in [-0.05, 0) is 36.2 Å². The minimum atomic E-state index is -0.105. The Morgan fingerprint density at radius 2 is 1.72 bits per heavy atom. The van der Waals surface area contributed by atoms with Crippen LogP contribution in [0.15, 0.2) is 54.6 Å². The highest BCUT2D eigenvalue weighted by atomic mass is 16.5. The fourth-order valence-electron chi connectivity index (χ4n) is 3.92. The summed E-state index contributed by atoms with van der Waals surface area (Å²) in [5.41, 5.74) is 2.55. The second-order valence-electron chi connectivity index (χ2n) is 7.55. The second kappa shape index (κ2) is 9.20. The Morgan fingerprint density at radius 3 is 2.38 bits per heavy atom. The molecule has 2 aliphatic rings. The second-order valence-corrected chi connectivity index (χ2v) is 7.55. The first kappa shape index (κ1) is 19.6. The van der Waals surface area contributed by atoms with Gasteiger partial charge >= 0.3 is 0 Å². The van der Waals surface area contributed by atoms with E-state index in [0.29, 0.717) is 12.0 Å². The van der Waals surface area contributed by atoms with Crippen molar-refractivity contribution in [2.45, 2.75) is 18.9 Å². The topological polar surface area (TPSA) is 61.9 Å². The molecule has 0 spiro atoms. The van der Waals surface area contributed by atoms with Crippen molar-refractivity contribution < 1.29 is 14.3 Å². The van der Waals surface area contributed by atoms with Crippen molar-refractivity contribution in [2.24, 2.45) is 0 Å². The van der Waals surface area contributed by atoms with Gasteiger partial charge in [0.25, 0.3) is 5.91 Å². The Kier molecular flexibility index (Phi) is 6.22. The van der Waals surface area contributed by atoms with Crippen molar-refractivity contribution in [3.8, 4) is 0 Å². The SMILES string of the molecule is O=C(NC(CN1CCOCC1)c1ccccc1)c1ccc(N2CCCC2=O)cc1. The highest BCUT2D eigenvalue weighted by molar-refractivity contribution is 5.97. The van der Waals surface area contributed by atoms with Gasteiger partial charge in [0.05, 0.1) is 19.3 Å². The number of carbonyl (C=O) groups excluding carboxylic acids is 2. The molecule has 1 atom stereocenters. The minimum Gasteiger partial charge on any atom is -0.379 e. The molecule has 0 bridgehead atoms. The van der Waals surface area contributed by atoms with Crippen molar-refractivity contribution in [1.82, 2.24) is 10.2 Å². The Bertz CT molecular complexity index is 832. The van der Waals surface area contributed by atoms with Gasteiger partial charge in [-0.3, -0.25) is 14.5 Å². The minimum absolute atomic E-state index is 0.0957.